The Bertz CT molecular complexity index is 742. The molecule has 26 heavy (non-hydrogen) atoms. The van der Waals surface area contributed by atoms with Gasteiger partial charge in [0.1, 0.15) is 0 Å². The van der Waals surface area contributed by atoms with Gasteiger partial charge in [-0.2, -0.15) is 4.68 Å². The number of rotatable bonds is 8. The minimum absolute atomic E-state index is 0.0421. The van der Waals surface area contributed by atoms with Gasteiger partial charge in [-0.3, -0.25) is 9.59 Å². The zero-order valence-corrected chi connectivity index (χ0v) is 16.2. The molecule has 0 aliphatic heterocycles. The van der Waals surface area contributed by atoms with Gasteiger partial charge in [0.25, 0.3) is 0 Å². The third-order valence-electron chi connectivity index (χ3n) is 3.47. The molecule has 2 N–H and O–H groups in total. The van der Waals surface area contributed by atoms with E-state index in [1.165, 1.54) is 17.3 Å². The molecule has 2 amide bonds. The number of hydrogen-bond acceptors (Lipinski definition) is 6. The van der Waals surface area contributed by atoms with Gasteiger partial charge in [0.15, 0.2) is 0 Å². The number of thioether (sulfide) groups is 1. The molecule has 9 heteroatoms. The van der Waals surface area contributed by atoms with Crippen LogP contribution in [0.2, 0.25) is 0 Å². The fraction of sp³-hybridized carbons (Fsp3) is 0.471. The number of carbonyl (C=O) groups excluding carboxylic acids is 2. The SMILES string of the molecule is CC(C)NC(=O)CNC(=O)CSc1nnnn1-c1ccc(C(C)C)cc1. The van der Waals surface area contributed by atoms with Gasteiger partial charge in [-0.05, 0) is 47.9 Å². The highest BCUT2D eigenvalue weighted by molar-refractivity contribution is 7.99. The minimum Gasteiger partial charge on any atom is -0.352 e. The molecule has 0 atom stereocenters. The van der Waals surface area contributed by atoms with Crippen molar-refractivity contribution in [2.75, 3.05) is 12.3 Å². The van der Waals surface area contributed by atoms with E-state index in [-0.39, 0.29) is 30.2 Å². The highest BCUT2D eigenvalue weighted by Crippen LogP contribution is 2.20. The van der Waals surface area contributed by atoms with E-state index in [1.54, 1.807) is 4.68 Å². The molecule has 0 bridgehead atoms. The lowest BCUT2D eigenvalue weighted by molar-refractivity contribution is -0.125. The Labute approximate surface area is 157 Å². The highest BCUT2D eigenvalue weighted by atomic mass is 32.2. The van der Waals surface area contributed by atoms with Crippen molar-refractivity contribution >= 4 is 23.6 Å². The Balaban J connectivity index is 1.90. The van der Waals surface area contributed by atoms with Crippen molar-refractivity contribution < 1.29 is 9.59 Å². The summed E-state index contributed by atoms with van der Waals surface area (Å²) in [5.41, 5.74) is 2.06. The van der Waals surface area contributed by atoms with Gasteiger partial charge >= 0.3 is 0 Å². The third kappa shape index (κ3) is 5.83. The van der Waals surface area contributed by atoms with Crippen LogP contribution in [-0.4, -0.2) is 50.4 Å². The monoisotopic (exact) mass is 376 g/mol. The average Bonchev–Trinajstić information content (AvgIpc) is 3.06. The van der Waals surface area contributed by atoms with Crippen LogP contribution in [-0.2, 0) is 9.59 Å². The first kappa shape index (κ1) is 19.9. The summed E-state index contributed by atoms with van der Waals surface area (Å²) in [6, 6.07) is 8.02. The second-order valence-electron chi connectivity index (χ2n) is 6.41. The van der Waals surface area contributed by atoms with Crippen LogP contribution < -0.4 is 10.6 Å². The molecule has 0 fully saturated rings. The van der Waals surface area contributed by atoms with Crippen LogP contribution in [0.3, 0.4) is 0 Å². The summed E-state index contributed by atoms with van der Waals surface area (Å²) in [4.78, 5) is 23.4. The molecule has 1 heterocycles. The Kier molecular flexibility index (Phi) is 7.14. The minimum atomic E-state index is -0.251. The fourth-order valence-electron chi connectivity index (χ4n) is 2.16. The lowest BCUT2D eigenvalue weighted by Crippen LogP contribution is -2.40. The summed E-state index contributed by atoms with van der Waals surface area (Å²) in [6.07, 6.45) is 0. The van der Waals surface area contributed by atoms with E-state index in [9.17, 15) is 9.59 Å². The van der Waals surface area contributed by atoms with Crippen LogP contribution in [0.1, 0.15) is 39.2 Å². The molecule has 0 aliphatic rings. The zero-order chi connectivity index (χ0) is 19.1. The molecule has 0 saturated carbocycles. The summed E-state index contributed by atoms with van der Waals surface area (Å²) in [5.74, 6) is 0.106. The van der Waals surface area contributed by atoms with E-state index in [2.05, 4.69) is 40.0 Å². The predicted octanol–water partition coefficient (Wildman–Crippen LogP) is 1.52. The maximum Gasteiger partial charge on any atom is 0.239 e. The topological polar surface area (TPSA) is 102 Å². The maximum absolute atomic E-state index is 11.9. The van der Waals surface area contributed by atoms with Crippen molar-refractivity contribution in [2.45, 2.75) is 44.8 Å². The van der Waals surface area contributed by atoms with Gasteiger partial charge in [-0.25, -0.2) is 0 Å². The van der Waals surface area contributed by atoms with Gasteiger partial charge in [-0.1, -0.05) is 37.7 Å². The summed E-state index contributed by atoms with van der Waals surface area (Å²) in [7, 11) is 0. The van der Waals surface area contributed by atoms with E-state index in [4.69, 9.17) is 0 Å². The largest absolute Gasteiger partial charge is 0.352 e. The van der Waals surface area contributed by atoms with Crippen LogP contribution in [0.4, 0.5) is 0 Å². The van der Waals surface area contributed by atoms with Crippen LogP contribution in [0.5, 0.6) is 0 Å². The lowest BCUT2D eigenvalue weighted by atomic mass is 10.0. The molecule has 0 saturated heterocycles. The lowest BCUT2D eigenvalue weighted by Gasteiger charge is -2.09. The van der Waals surface area contributed by atoms with Gasteiger partial charge in [0.2, 0.25) is 17.0 Å². The number of hydrogen-bond donors (Lipinski definition) is 2. The molecule has 0 spiro atoms. The van der Waals surface area contributed by atoms with Crippen LogP contribution in [0, 0.1) is 0 Å². The Morgan fingerprint density at radius 3 is 2.42 bits per heavy atom. The summed E-state index contributed by atoms with van der Waals surface area (Å²) >= 11 is 1.22. The van der Waals surface area contributed by atoms with Gasteiger partial charge in [0, 0.05) is 6.04 Å². The van der Waals surface area contributed by atoms with Gasteiger partial charge < -0.3 is 10.6 Å². The number of aromatic nitrogens is 4. The van der Waals surface area contributed by atoms with Crippen molar-refractivity contribution in [1.29, 1.82) is 0 Å². The molecule has 1 aromatic heterocycles. The molecule has 2 aromatic rings. The van der Waals surface area contributed by atoms with Crippen molar-refractivity contribution in [3.05, 3.63) is 29.8 Å². The molecule has 1 aromatic carbocycles. The Morgan fingerprint density at radius 1 is 1.12 bits per heavy atom. The molecule has 0 unspecified atom stereocenters. The maximum atomic E-state index is 11.9. The van der Waals surface area contributed by atoms with Gasteiger partial charge in [-0.15, -0.1) is 5.10 Å². The van der Waals surface area contributed by atoms with E-state index < -0.39 is 0 Å². The van der Waals surface area contributed by atoms with E-state index in [0.717, 1.165) is 5.69 Å². The smallest absolute Gasteiger partial charge is 0.239 e. The van der Waals surface area contributed by atoms with E-state index in [1.807, 2.05) is 38.1 Å². The molecular formula is C17H24N6O2S. The first-order valence-electron chi connectivity index (χ1n) is 8.44. The number of tetrazole rings is 1. The molecule has 2 rings (SSSR count). The zero-order valence-electron chi connectivity index (χ0n) is 15.4. The highest BCUT2D eigenvalue weighted by Gasteiger charge is 2.13. The van der Waals surface area contributed by atoms with Crippen molar-refractivity contribution in [2.24, 2.45) is 0 Å². The number of amides is 2. The molecule has 140 valence electrons. The van der Waals surface area contributed by atoms with Gasteiger partial charge in [0.05, 0.1) is 18.0 Å². The number of carbonyl (C=O) groups is 2. The Hall–Kier alpha value is -2.42. The van der Waals surface area contributed by atoms with Crippen molar-refractivity contribution in [3.63, 3.8) is 0 Å². The number of nitrogens with zero attached hydrogens (tertiary/aromatic N) is 4. The normalized spacial score (nSPS) is 11.0. The van der Waals surface area contributed by atoms with E-state index >= 15 is 0 Å². The van der Waals surface area contributed by atoms with Crippen molar-refractivity contribution in [1.82, 2.24) is 30.8 Å². The molecule has 8 nitrogen and oxygen atoms in total. The Morgan fingerprint density at radius 2 is 1.81 bits per heavy atom. The van der Waals surface area contributed by atoms with Crippen LogP contribution in [0.15, 0.2) is 29.4 Å². The molecular weight excluding hydrogens is 352 g/mol. The van der Waals surface area contributed by atoms with E-state index in [0.29, 0.717) is 11.1 Å². The van der Waals surface area contributed by atoms with Crippen LogP contribution in [0.25, 0.3) is 5.69 Å². The summed E-state index contributed by atoms with van der Waals surface area (Å²) in [6.45, 7) is 7.95. The summed E-state index contributed by atoms with van der Waals surface area (Å²) in [5, 5.41) is 17.4. The molecule has 0 radical (unpaired) electrons. The fourth-order valence-corrected chi connectivity index (χ4v) is 2.89. The first-order valence-corrected chi connectivity index (χ1v) is 9.43. The predicted molar refractivity (Wildman–Crippen MR) is 100 cm³/mol. The standard InChI is InChI=1S/C17H24N6O2S/c1-11(2)13-5-7-14(8-6-13)23-17(20-21-22-23)26-10-16(25)18-9-15(24)19-12(3)4/h5-8,11-12H,9-10H2,1-4H3,(H,18,25)(H,19,24). The van der Waals surface area contributed by atoms with Crippen molar-refractivity contribution in [3.8, 4) is 5.69 Å². The molecule has 0 aliphatic carbocycles. The average molecular weight is 376 g/mol. The van der Waals surface area contributed by atoms with Crippen LogP contribution >= 0.6 is 11.8 Å². The second-order valence-corrected chi connectivity index (χ2v) is 7.35. The number of nitrogens with one attached hydrogen (secondary N) is 2. The number of benzene rings is 1. The second kappa shape index (κ2) is 9.33. The summed E-state index contributed by atoms with van der Waals surface area (Å²) < 4.78 is 1.59. The first-order chi connectivity index (χ1) is 12.4. The quantitative estimate of drug-likeness (QED) is 0.677. The third-order valence-corrected chi connectivity index (χ3v) is 4.39.